The molecule has 156 valence electrons. The van der Waals surface area contributed by atoms with Crippen molar-refractivity contribution in [3.8, 4) is 0 Å². The molecule has 0 aliphatic carbocycles. The normalized spacial score (nSPS) is 31.9. The van der Waals surface area contributed by atoms with E-state index in [-0.39, 0.29) is 6.79 Å². The van der Waals surface area contributed by atoms with E-state index in [1.807, 2.05) is 60.7 Å². The fourth-order valence-corrected chi connectivity index (χ4v) is 3.59. The van der Waals surface area contributed by atoms with Gasteiger partial charge in [-0.25, -0.2) is 0 Å². The number of hydrogen-bond acceptors (Lipinski definition) is 7. The molecule has 7 nitrogen and oxygen atoms in total. The van der Waals surface area contributed by atoms with Gasteiger partial charge in [0.1, 0.15) is 31.2 Å². The monoisotopic (exact) mass is 402 g/mol. The minimum atomic E-state index is -1.02. The summed E-state index contributed by atoms with van der Waals surface area (Å²) in [6.07, 6.45) is -4.00. The van der Waals surface area contributed by atoms with Crippen LogP contribution in [0.2, 0.25) is 0 Å². The molecule has 2 heterocycles. The summed E-state index contributed by atoms with van der Waals surface area (Å²) < 4.78 is 34.5. The second kappa shape index (κ2) is 9.77. The summed E-state index contributed by atoms with van der Waals surface area (Å²) in [6.45, 7) is 0.733. The molecule has 0 radical (unpaired) electrons. The molecule has 2 aromatic rings. The van der Waals surface area contributed by atoms with E-state index in [2.05, 4.69) is 0 Å². The third kappa shape index (κ3) is 4.84. The molecule has 2 saturated heterocycles. The van der Waals surface area contributed by atoms with Gasteiger partial charge in [-0.2, -0.15) is 0 Å². The van der Waals surface area contributed by atoms with E-state index < -0.39 is 37.0 Å². The first-order chi connectivity index (χ1) is 14.3. The van der Waals surface area contributed by atoms with Crippen molar-refractivity contribution in [1.82, 2.24) is 0 Å². The molecule has 0 bridgehead atoms. The molecule has 1 N–H and O–H groups in total. The Labute approximate surface area is 170 Å². The standard InChI is InChI=1S/C22H26O7/c1-24-22-18(23)20(27-14-25-12-15-8-4-2-5-9-15)19-17(28-22)13-26-21(29-19)16-10-6-3-7-11-16/h2-11,17-23H,12-14H2,1H3/t17-,18-,19-,20-,21-,22+/m1/s1. The highest BCUT2D eigenvalue weighted by atomic mass is 16.8. The second-order valence-electron chi connectivity index (χ2n) is 7.03. The van der Waals surface area contributed by atoms with E-state index in [0.717, 1.165) is 11.1 Å². The van der Waals surface area contributed by atoms with Gasteiger partial charge in [-0.3, -0.25) is 0 Å². The maximum atomic E-state index is 10.7. The van der Waals surface area contributed by atoms with Gasteiger partial charge in [0.15, 0.2) is 12.6 Å². The van der Waals surface area contributed by atoms with Gasteiger partial charge in [-0.1, -0.05) is 60.7 Å². The molecule has 29 heavy (non-hydrogen) atoms. The summed E-state index contributed by atoms with van der Waals surface area (Å²) in [4.78, 5) is 0. The third-order valence-corrected chi connectivity index (χ3v) is 5.07. The number of rotatable bonds is 7. The van der Waals surface area contributed by atoms with Gasteiger partial charge in [-0.15, -0.1) is 0 Å². The van der Waals surface area contributed by atoms with Gasteiger partial charge in [0.05, 0.1) is 13.2 Å². The SMILES string of the molecule is CO[C@H]1O[C@@H]2CO[C@@H](c3ccccc3)O[C@H]2[C@H](OCOCc2ccccc2)[C@H]1O. The first kappa shape index (κ1) is 20.4. The maximum absolute atomic E-state index is 10.7. The molecule has 7 heteroatoms. The molecule has 0 saturated carbocycles. The Kier molecular flexibility index (Phi) is 6.89. The Morgan fingerprint density at radius 1 is 1.00 bits per heavy atom. The molecule has 0 aromatic heterocycles. The Morgan fingerprint density at radius 3 is 2.45 bits per heavy atom. The zero-order valence-electron chi connectivity index (χ0n) is 16.3. The van der Waals surface area contributed by atoms with Crippen LogP contribution in [-0.2, 0) is 35.0 Å². The fraction of sp³-hybridized carbons (Fsp3) is 0.455. The molecule has 2 fully saturated rings. The molecule has 0 spiro atoms. The Hall–Kier alpha value is -1.84. The molecular weight excluding hydrogens is 376 g/mol. The Bertz CT molecular complexity index is 741. The van der Waals surface area contributed by atoms with Crippen LogP contribution in [0.25, 0.3) is 0 Å². The first-order valence-electron chi connectivity index (χ1n) is 9.68. The zero-order chi connectivity index (χ0) is 20.1. The second-order valence-corrected chi connectivity index (χ2v) is 7.03. The zero-order valence-corrected chi connectivity index (χ0v) is 16.3. The Balaban J connectivity index is 1.40. The van der Waals surface area contributed by atoms with Crippen LogP contribution in [0.1, 0.15) is 17.4 Å². The average Bonchev–Trinajstić information content (AvgIpc) is 2.78. The highest BCUT2D eigenvalue weighted by Gasteiger charge is 2.50. The number of methoxy groups -OCH3 is 1. The van der Waals surface area contributed by atoms with E-state index in [1.165, 1.54) is 7.11 Å². The third-order valence-electron chi connectivity index (χ3n) is 5.07. The van der Waals surface area contributed by atoms with Crippen LogP contribution < -0.4 is 0 Å². The van der Waals surface area contributed by atoms with Crippen LogP contribution in [0.15, 0.2) is 60.7 Å². The van der Waals surface area contributed by atoms with Crippen molar-refractivity contribution < 1.29 is 33.5 Å². The van der Waals surface area contributed by atoms with Crippen LogP contribution in [0.4, 0.5) is 0 Å². The minimum Gasteiger partial charge on any atom is -0.385 e. The maximum Gasteiger partial charge on any atom is 0.186 e. The van der Waals surface area contributed by atoms with Gasteiger partial charge < -0.3 is 33.5 Å². The summed E-state index contributed by atoms with van der Waals surface area (Å²) in [5.41, 5.74) is 1.94. The van der Waals surface area contributed by atoms with Gasteiger partial charge >= 0.3 is 0 Å². The number of aliphatic hydroxyl groups is 1. The van der Waals surface area contributed by atoms with Crippen LogP contribution >= 0.6 is 0 Å². The summed E-state index contributed by atoms with van der Waals surface area (Å²) in [7, 11) is 1.48. The quantitative estimate of drug-likeness (QED) is 0.563. The van der Waals surface area contributed by atoms with Crippen LogP contribution in [0.5, 0.6) is 0 Å². The predicted molar refractivity (Wildman–Crippen MR) is 103 cm³/mol. The Morgan fingerprint density at radius 2 is 1.72 bits per heavy atom. The predicted octanol–water partition coefficient (Wildman–Crippen LogP) is 2.39. The first-order valence-corrected chi connectivity index (χ1v) is 9.68. The lowest BCUT2D eigenvalue weighted by Gasteiger charge is -2.47. The summed E-state index contributed by atoms with van der Waals surface area (Å²) >= 11 is 0. The van der Waals surface area contributed by atoms with Crippen molar-refractivity contribution in [3.05, 3.63) is 71.8 Å². The largest absolute Gasteiger partial charge is 0.385 e. The van der Waals surface area contributed by atoms with E-state index in [9.17, 15) is 5.11 Å². The number of fused-ring (bicyclic) bond motifs is 1. The summed E-state index contributed by atoms with van der Waals surface area (Å²) in [5, 5.41) is 10.7. The van der Waals surface area contributed by atoms with E-state index in [0.29, 0.717) is 13.2 Å². The number of aliphatic hydroxyl groups excluding tert-OH is 1. The van der Waals surface area contributed by atoms with Crippen molar-refractivity contribution in [2.45, 2.75) is 43.6 Å². The lowest BCUT2D eigenvalue weighted by molar-refractivity contribution is -0.367. The molecule has 2 aromatic carbocycles. The molecule has 0 unspecified atom stereocenters. The highest BCUT2D eigenvalue weighted by Crippen LogP contribution is 2.35. The lowest BCUT2D eigenvalue weighted by atomic mass is 9.97. The minimum absolute atomic E-state index is 0.0104. The lowest BCUT2D eigenvalue weighted by Crippen LogP contribution is -2.63. The molecule has 2 aliphatic rings. The van der Waals surface area contributed by atoms with Crippen LogP contribution in [0, 0.1) is 0 Å². The van der Waals surface area contributed by atoms with Crippen LogP contribution in [0.3, 0.4) is 0 Å². The van der Waals surface area contributed by atoms with Gasteiger partial charge in [0.2, 0.25) is 0 Å². The van der Waals surface area contributed by atoms with E-state index in [4.69, 9.17) is 28.4 Å². The summed E-state index contributed by atoms with van der Waals surface area (Å²) in [5.74, 6) is 0. The molecule has 6 atom stereocenters. The molecular formula is C22H26O7. The topological polar surface area (TPSA) is 75.6 Å². The van der Waals surface area contributed by atoms with Crippen molar-refractivity contribution in [1.29, 1.82) is 0 Å². The molecule has 4 rings (SSSR count). The van der Waals surface area contributed by atoms with Gasteiger partial charge in [0.25, 0.3) is 0 Å². The highest BCUT2D eigenvalue weighted by molar-refractivity contribution is 5.17. The van der Waals surface area contributed by atoms with Crippen LogP contribution in [-0.4, -0.2) is 56.3 Å². The van der Waals surface area contributed by atoms with Crippen molar-refractivity contribution >= 4 is 0 Å². The average molecular weight is 402 g/mol. The van der Waals surface area contributed by atoms with Crippen molar-refractivity contribution in [2.75, 3.05) is 20.5 Å². The number of ether oxygens (including phenoxy) is 6. The smallest absolute Gasteiger partial charge is 0.186 e. The number of hydrogen-bond donors (Lipinski definition) is 1. The van der Waals surface area contributed by atoms with Crippen molar-refractivity contribution in [2.24, 2.45) is 0 Å². The molecule has 2 aliphatic heterocycles. The number of benzene rings is 2. The fourth-order valence-electron chi connectivity index (χ4n) is 3.59. The van der Waals surface area contributed by atoms with E-state index in [1.54, 1.807) is 0 Å². The van der Waals surface area contributed by atoms with E-state index >= 15 is 0 Å². The van der Waals surface area contributed by atoms with Gasteiger partial charge in [0, 0.05) is 12.7 Å². The van der Waals surface area contributed by atoms with Gasteiger partial charge in [-0.05, 0) is 5.56 Å². The van der Waals surface area contributed by atoms with Crippen molar-refractivity contribution in [3.63, 3.8) is 0 Å². The molecule has 0 amide bonds. The summed E-state index contributed by atoms with van der Waals surface area (Å²) in [6, 6.07) is 19.5.